The van der Waals surface area contributed by atoms with Gasteiger partial charge in [-0.3, -0.25) is 4.79 Å². The van der Waals surface area contributed by atoms with Gasteiger partial charge in [0.2, 0.25) is 5.91 Å². The van der Waals surface area contributed by atoms with Crippen LogP contribution in [-0.4, -0.2) is 92.2 Å². The lowest BCUT2D eigenvalue weighted by Crippen LogP contribution is -2.51. The van der Waals surface area contributed by atoms with Crippen LogP contribution in [-0.2, 0) is 4.79 Å². The monoisotopic (exact) mass is 365 g/mol. The van der Waals surface area contributed by atoms with Crippen molar-refractivity contribution in [2.24, 2.45) is 0 Å². The summed E-state index contributed by atoms with van der Waals surface area (Å²) in [5.41, 5.74) is 0. The van der Waals surface area contributed by atoms with Gasteiger partial charge in [-0.1, -0.05) is 39.0 Å². The minimum absolute atomic E-state index is 0.0110. The number of amides is 1. The van der Waals surface area contributed by atoms with Crippen LogP contribution in [0.3, 0.4) is 0 Å². The smallest absolute Gasteiger partial charge is 0.222 e. The molecule has 0 aromatic heterocycles. The van der Waals surface area contributed by atoms with E-state index in [4.69, 9.17) is 10.2 Å². The summed E-state index contributed by atoms with van der Waals surface area (Å²) in [7, 11) is 0. The molecule has 0 aromatic carbocycles. The maximum Gasteiger partial charge on any atom is 0.222 e. The van der Waals surface area contributed by atoms with Gasteiger partial charge in [0.25, 0.3) is 0 Å². The Hall–Kier alpha value is -0.770. The summed E-state index contributed by atoms with van der Waals surface area (Å²) < 4.78 is 0. The fraction of sp³-hybridized carbons (Fsp3) is 0.941. The molecule has 4 atom stereocenters. The highest BCUT2D eigenvalue weighted by Gasteiger charge is 2.31. The second kappa shape index (κ2) is 14.4. The zero-order valence-electron chi connectivity index (χ0n) is 15.1. The van der Waals surface area contributed by atoms with Crippen molar-refractivity contribution in [2.75, 3.05) is 26.3 Å². The van der Waals surface area contributed by atoms with Crippen LogP contribution < -0.4 is 0 Å². The van der Waals surface area contributed by atoms with Crippen molar-refractivity contribution < 1.29 is 35.4 Å². The highest BCUT2D eigenvalue weighted by molar-refractivity contribution is 5.76. The molecular formula is C17H35NO7. The molecule has 0 aliphatic heterocycles. The summed E-state index contributed by atoms with van der Waals surface area (Å²) in [5, 5.41) is 56.5. The third kappa shape index (κ3) is 10.1. The molecule has 0 aliphatic rings. The molecule has 0 unspecified atom stereocenters. The molecule has 8 nitrogen and oxygen atoms in total. The van der Waals surface area contributed by atoms with E-state index >= 15 is 0 Å². The average Bonchev–Trinajstić information content (AvgIpc) is 2.61. The lowest BCUT2D eigenvalue weighted by Gasteiger charge is -2.30. The number of carbonyl (C=O) groups is 1. The number of carbonyl (C=O) groups excluding carboxylic acids is 1. The van der Waals surface area contributed by atoms with Gasteiger partial charge in [-0.15, -0.1) is 0 Å². The van der Waals surface area contributed by atoms with Gasteiger partial charge < -0.3 is 35.5 Å². The second-order valence-corrected chi connectivity index (χ2v) is 6.38. The largest absolute Gasteiger partial charge is 0.395 e. The quantitative estimate of drug-likeness (QED) is 0.204. The van der Waals surface area contributed by atoms with Gasteiger partial charge in [-0.05, 0) is 6.42 Å². The first-order chi connectivity index (χ1) is 11.9. The SMILES string of the molecule is CCCCCCCCC(=O)N(CCO)C[C@@H](O)[C@H](O)[C@@H](O)[C@H](O)CO. The number of aliphatic hydroxyl groups excluding tert-OH is 6. The Morgan fingerprint density at radius 1 is 0.880 bits per heavy atom. The summed E-state index contributed by atoms with van der Waals surface area (Å²) in [6.07, 6.45) is -0.0660. The third-order valence-corrected chi connectivity index (χ3v) is 4.20. The lowest BCUT2D eigenvalue weighted by atomic mass is 10.0. The highest BCUT2D eigenvalue weighted by atomic mass is 16.4. The third-order valence-electron chi connectivity index (χ3n) is 4.20. The summed E-state index contributed by atoms with van der Waals surface area (Å²) in [5.74, 6) is -0.243. The molecule has 0 spiro atoms. The van der Waals surface area contributed by atoms with Gasteiger partial charge in [-0.25, -0.2) is 0 Å². The Labute approximate surface area is 149 Å². The van der Waals surface area contributed by atoms with Gasteiger partial charge in [0.1, 0.15) is 24.4 Å². The van der Waals surface area contributed by atoms with E-state index in [1.54, 1.807) is 0 Å². The average molecular weight is 365 g/mol. The molecule has 0 heterocycles. The first-order valence-electron chi connectivity index (χ1n) is 9.10. The molecule has 0 saturated carbocycles. The van der Waals surface area contributed by atoms with E-state index in [0.29, 0.717) is 0 Å². The van der Waals surface area contributed by atoms with Gasteiger partial charge in [0.05, 0.1) is 13.2 Å². The molecule has 8 heteroatoms. The number of unbranched alkanes of at least 4 members (excludes halogenated alkanes) is 5. The topological polar surface area (TPSA) is 142 Å². The fourth-order valence-corrected chi connectivity index (χ4v) is 2.55. The van der Waals surface area contributed by atoms with Crippen molar-refractivity contribution in [3.8, 4) is 0 Å². The molecule has 25 heavy (non-hydrogen) atoms. The van der Waals surface area contributed by atoms with Crippen LogP contribution in [0.5, 0.6) is 0 Å². The Morgan fingerprint density at radius 3 is 2.00 bits per heavy atom. The molecule has 1 amide bonds. The number of hydrogen-bond donors (Lipinski definition) is 6. The van der Waals surface area contributed by atoms with Gasteiger partial charge in [0, 0.05) is 19.5 Å². The number of hydrogen-bond acceptors (Lipinski definition) is 7. The van der Waals surface area contributed by atoms with E-state index < -0.39 is 31.0 Å². The van der Waals surface area contributed by atoms with Crippen LogP contribution in [0.15, 0.2) is 0 Å². The van der Waals surface area contributed by atoms with Crippen molar-refractivity contribution >= 4 is 5.91 Å². The molecule has 6 N–H and O–H groups in total. The maximum atomic E-state index is 12.2. The summed E-state index contributed by atoms with van der Waals surface area (Å²) in [6, 6.07) is 0. The zero-order valence-corrected chi connectivity index (χ0v) is 15.1. The maximum absolute atomic E-state index is 12.2. The Kier molecular flexibility index (Phi) is 14.0. The molecule has 0 radical (unpaired) electrons. The van der Waals surface area contributed by atoms with Gasteiger partial charge in [0.15, 0.2) is 0 Å². The van der Waals surface area contributed by atoms with Crippen LogP contribution in [0.1, 0.15) is 51.9 Å². The van der Waals surface area contributed by atoms with Gasteiger partial charge >= 0.3 is 0 Å². The Balaban J connectivity index is 4.39. The van der Waals surface area contributed by atoms with Crippen LogP contribution in [0, 0.1) is 0 Å². The van der Waals surface area contributed by atoms with E-state index in [1.807, 2.05) is 0 Å². The van der Waals surface area contributed by atoms with E-state index in [1.165, 1.54) is 11.3 Å². The van der Waals surface area contributed by atoms with Crippen molar-refractivity contribution in [1.82, 2.24) is 4.90 Å². The van der Waals surface area contributed by atoms with Crippen molar-refractivity contribution in [3.05, 3.63) is 0 Å². The number of aliphatic hydroxyl groups is 6. The van der Waals surface area contributed by atoms with Crippen molar-refractivity contribution in [2.45, 2.75) is 76.3 Å². The fourth-order valence-electron chi connectivity index (χ4n) is 2.55. The molecule has 150 valence electrons. The molecule has 0 bridgehead atoms. The standard InChI is InChI=1S/C17H35NO7/c1-2-3-4-5-6-7-8-15(23)18(9-10-19)11-13(21)16(24)17(25)14(22)12-20/h13-14,16-17,19-22,24-25H,2-12H2,1H3/t13-,14-,16+,17+/m1/s1. The first kappa shape index (κ1) is 24.2. The highest BCUT2D eigenvalue weighted by Crippen LogP contribution is 2.11. The zero-order chi connectivity index (χ0) is 19.2. The van der Waals surface area contributed by atoms with Crippen molar-refractivity contribution in [1.29, 1.82) is 0 Å². The molecule has 0 saturated heterocycles. The number of nitrogens with zero attached hydrogens (tertiary/aromatic N) is 1. The van der Waals surface area contributed by atoms with Gasteiger partial charge in [-0.2, -0.15) is 0 Å². The molecule has 0 aromatic rings. The van der Waals surface area contributed by atoms with Crippen molar-refractivity contribution in [3.63, 3.8) is 0 Å². The molecule has 0 fully saturated rings. The second-order valence-electron chi connectivity index (χ2n) is 6.38. The minimum Gasteiger partial charge on any atom is -0.395 e. The van der Waals surface area contributed by atoms with E-state index in [2.05, 4.69) is 6.92 Å². The van der Waals surface area contributed by atoms with Crippen LogP contribution in [0.25, 0.3) is 0 Å². The Morgan fingerprint density at radius 2 is 1.44 bits per heavy atom. The normalized spacial score (nSPS) is 16.3. The molecular weight excluding hydrogens is 330 g/mol. The molecule has 0 aliphatic carbocycles. The summed E-state index contributed by atoms with van der Waals surface area (Å²) in [6.45, 7) is 0.824. The summed E-state index contributed by atoms with van der Waals surface area (Å²) in [4.78, 5) is 13.4. The number of rotatable bonds is 15. The van der Waals surface area contributed by atoms with Crippen LogP contribution in [0.4, 0.5) is 0 Å². The Bertz CT molecular complexity index is 343. The minimum atomic E-state index is -1.73. The predicted molar refractivity (Wildman–Crippen MR) is 92.8 cm³/mol. The van der Waals surface area contributed by atoms with Crippen LogP contribution in [0.2, 0.25) is 0 Å². The summed E-state index contributed by atoms with van der Waals surface area (Å²) >= 11 is 0. The van der Waals surface area contributed by atoms with Crippen LogP contribution >= 0.6 is 0 Å². The first-order valence-corrected chi connectivity index (χ1v) is 9.10. The predicted octanol–water partition coefficient (Wildman–Crippen LogP) is -1.01. The lowest BCUT2D eigenvalue weighted by molar-refractivity contribution is -0.140. The van der Waals surface area contributed by atoms with E-state index in [-0.39, 0.29) is 32.0 Å². The van der Waals surface area contributed by atoms with E-state index in [0.717, 1.165) is 32.1 Å². The molecule has 0 rings (SSSR count). The van der Waals surface area contributed by atoms with E-state index in [9.17, 15) is 25.2 Å².